The molecular weight excluding hydrogens is 482 g/mol. The highest BCUT2D eigenvalue weighted by Gasteiger charge is 2.50. The number of ether oxygens (including phenoxy) is 2. The summed E-state index contributed by atoms with van der Waals surface area (Å²) < 4.78 is 39.1. The van der Waals surface area contributed by atoms with E-state index in [4.69, 9.17) is 9.47 Å². The number of hydrogen-bond acceptors (Lipinski definition) is 5. The Kier molecular flexibility index (Phi) is 8.12. The lowest BCUT2D eigenvalue weighted by Crippen LogP contribution is -2.46. The van der Waals surface area contributed by atoms with Crippen LogP contribution in [0.4, 0.5) is 8.78 Å². The lowest BCUT2D eigenvalue weighted by molar-refractivity contribution is -0.154. The highest BCUT2D eigenvalue weighted by Crippen LogP contribution is 2.32. The number of likely N-dealkylation sites (tertiary alicyclic amines) is 1. The van der Waals surface area contributed by atoms with Crippen LogP contribution in [0.1, 0.15) is 22.3 Å². The van der Waals surface area contributed by atoms with Crippen LogP contribution in [0.2, 0.25) is 0 Å². The number of esters is 1. The lowest BCUT2D eigenvalue weighted by Gasteiger charge is -2.23. The summed E-state index contributed by atoms with van der Waals surface area (Å²) in [6.07, 6.45) is -0.514. The minimum atomic E-state index is -2.36. The number of rotatable bonds is 9. The Morgan fingerprint density at radius 1 is 0.919 bits per heavy atom. The van der Waals surface area contributed by atoms with Crippen LogP contribution in [0.15, 0.2) is 84.9 Å². The Labute approximate surface area is 213 Å². The molecule has 1 N–H and O–H groups in total. The first kappa shape index (κ1) is 25.8. The molecule has 3 aromatic carbocycles. The van der Waals surface area contributed by atoms with E-state index < -0.39 is 55.7 Å². The SMILES string of the molecule is O=C(NCC(=O)N1C[C@@](F)(CF)C[C@H]1C(=O)OCc1ccccc1)c1ccc(Oc2ccccc2)cc1. The van der Waals surface area contributed by atoms with Gasteiger partial charge < -0.3 is 19.7 Å². The van der Waals surface area contributed by atoms with E-state index in [1.807, 2.05) is 24.3 Å². The van der Waals surface area contributed by atoms with Gasteiger partial charge >= 0.3 is 5.97 Å². The molecule has 9 heteroatoms. The second kappa shape index (κ2) is 11.6. The molecule has 2 atom stereocenters. The Morgan fingerprint density at radius 2 is 1.54 bits per heavy atom. The second-order valence-corrected chi connectivity index (χ2v) is 8.74. The molecule has 37 heavy (non-hydrogen) atoms. The Hall–Kier alpha value is -4.27. The zero-order valence-electron chi connectivity index (χ0n) is 19.9. The number of hydrogen-bond donors (Lipinski definition) is 1. The van der Waals surface area contributed by atoms with Crippen molar-refractivity contribution in [3.05, 3.63) is 96.1 Å². The van der Waals surface area contributed by atoms with E-state index in [1.54, 1.807) is 48.5 Å². The van der Waals surface area contributed by atoms with Crippen molar-refractivity contribution in [2.24, 2.45) is 0 Å². The van der Waals surface area contributed by atoms with E-state index in [1.165, 1.54) is 12.1 Å². The van der Waals surface area contributed by atoms with Crippen LogP contribution in [0.5, 0.6) is 11.5 Å². The van der Waals surface area contributed by atoms with Gasteiger partial charge in [0, 0.05) is 12.0 Å². The number of benzene rings is 3. The number of nitrogens with zero attached hydrogens (tertiary/aromatic N) is 1. The summed E-state index contributed by atoms with van der Waals surface area (Å²) in [6.45, 7) is -2.50. The van der Waals surface area contributed by atoms with Gasteiger partial charge in [-0.3, -0.25) is 9.59 Å². The van der Waals surface area contributed by atoms with Crippen LogP contribution < -0.4 is 10.1 Å². The van der Waals surface area contributed by atoms with E-state index in [0.29, 0.717) is 11.5 Å². The molecule has 1 saturated heterocycles. The molecule has 7 nitrogen and oxygen atoms in total. The first-order valence-electron chi connectivity index (χ1n) is 11.7. The van der Waals surface area contributed by atoms with Gasteiger partial charge in [-0.05, 0) is 42.0 Å². The number of halogens is 2. The number of alkyl halides is 2. The molecule has 192 valence electrons. The smallest absolute Gasteiger partial charge is 0.329 e. The summed E-state index contributed by atoms with van der Waals surface area (Å²) in [5, 5.41) is 2.47. The largest absolute Gasteiger partial charge is 0.459 e. The highest BCUT2D eigenvalue weighted by atomic mass is 19.2. The highest BCUT2D eigenvalue weighted by molar-refractivity contribution is 5.97. The summed E-state index contributed by atoms with van der Waals surface area (Å²) in [4.78, 5) is 39.0. The fourth-order valence-electron chi connectivity index (χ4n) is 3.99. The lowest BCUT2D eigenvalue weighted by atomic mass is 10.0. The van der Waals surface area contributed by atoms with Crippen molar-refractivity contribution in [3.8, 4) is 11.5 Å². The molecule has 0 saturated carbocycles. The monoisotopic (exact) mass is 508 g/mol. The maximum absolute atomic E-state index is 14.8. The van der Waals surface area contributed by atoms with Crippen LogP contribution in [0.25, 0.3) is 0 Å². The van der Waals surface area contributed by atoms with Crippen molar-refractivity contribution in [3.63, 3.8) is 0 Å². The van der Waals surface area contributed by atoms with Crippen LogP contribution in [-0.2, 0) is 20.9 Å². The molecule has 1 heterocycles. The van der Waals surface area contributed by atoms with E-state index >= 15 is 0 Å². The normalized spacial score (nSPS) is 18.8. The molecule has 1 aliphatic rings. The molecule has 0 bridgehead atoms. The first-order valence-corrected chi connectivity index (χ1v) is 11.7. The molecule has 1 fully saturated rings. The van der Waals surface area contributed by atoms with Gasteiger partial charge in [-0.2, -0.15) is 0 Å². The van der Waals surface area contributed by atoms with E-state index in [9.17, 15) is 23.2 Å². The average Bonchev–Trinajstić information content (AvgIpc) is 3.30. The molecule has 3 aromatic rings. The topological polar surface area (TPSA) is 84.9 Å². The Morgan fingerprint density at radius 3 is 2.19 bits per heavy atom. The van der Waals surface area contributed by atoms with E-state index in [-0.39, 0.29) is 12.2 Å². The fraction of sp³-hybridized carbons (Fsp3) is 0.250. The zero-order valence-corrected chi connectivity index (χ0v) is 19.9. The Bertz CT molecular complexity index is 1220. The van der Waals surface area contributed by atoms with Crippen LogP contribution in [-0.4, -0.2) is 54.2 Å². The standard InChI is InChI=1S/C28H26F2N2O5/c29-18-28(30)15-24(27(35)36-17-20-7-3-1-4-8-20)32(19-28)25(33)16-31-26(34)21-11-13-23(14-12-21)37-22-9-5-2-6-10-22/h1-14,24H,15-19H2,(H,31,34)/t24-,28-/m0/s1. The summed E-state index contributed by atoms with van der Waals surface area (Å²) in [5.74, 6) is -0.917. The summed E-state index contributed by atoms with van der Waals surface area (Å²) in [6, 6.07) is 23.0. The maximum Gasteiger partial charge on any atom is 0.329 e. The molecule has 4 rings (SSSR count). The predicted molar refractivity (Wildman–Crippen MR) is 131 cm³/mol. The average molecular weight is 509 g/mol. The van der Waals surface area contributed by atoms with Crippen molar-refractivity contribution in [1.29, 1.82) is 0 Å². The summed E-state index contributed by atoms with van der Waals surface area (Å²) >= 11 is 0. The third-order valence-electron chi connectivity index (χ3n) is 5.94. The minimum absolute atomic E-state index is 0.0617. The number of carbonyl (C=O) groups is 3. The van der Waals surface area contributed by atoms with Crippen LogP contribution >= 0.6 is 0 Å². The van der Waals surface area contributed by atoms with Gasteiger partial charge in [0.1, 0.15) is 30.8 Å². The third kappa shape index (κ3) is 6.69. The van der Waals surface area contributed by atoms with Gasteiger partial charge in [0.2, 0.25) is 5.91 Å². The minimum Gasteiger partial charge on any atom is -0.459 e. The molecule has 0 radical (unpaired) electrons. The third-order valence-corrected chi connectivity index (χ3v) is 5.94. The van der Waals surface area contributed by atoms with E-state index in [2.05, 4.69) is 5.32 Å². The van der Waals surface area contributed by atoms with Crippen molar-refractivity contribution >= 4 is 17.8 Å². The van der Waals surface area contributed by atoms with Crippen molar-refractivity contribution in [2.45, 2.75) is 24.7 Å². The van der Waals surface area contributed by atoms with Crippen LogP contribution in [0.3, 0.4) is 0 Å². The molecule has 0 spiro atoms. The molecule has 0 aliphatic carbocycles. The number of amides is 2. The van der Waals surface area contributed by atoms with Crippen molar-refractivity contribution in [2.75, 3.05) is 19.8 Å². The Balaban J connectivity index is 1.34. The second-order valence-electron chi connectivity index (χ2n) is 8.74. The molecular formula is C28H26F2N2O5. The van der Waals surface area contributed by atoms with Gasteiger partial charge in [0.05, 0.1) is 13.1 Å². The summed E-state index contributed by atoms with van der Waals surface area (Å²) in [5.41, 5.74) is -1.36. The van der Waals surface area contributed by atoms with E-state index in [0.717, 1.165) is 10.5 Å². The fourth-order valence-corrected chi connectivity index (χ4v) is 3.99. The zero-order chi connectivity index (χ0) is 26.3. The molecule has 2 amide bonds. The van der Waals surface area contributed by atoms with Gasteiger partial charge in [-0.1, -0.05) is 48.5 Å². The van der Waals surface area contributed by atoms with Crippen molar-refractivity contribution in [1.82, 2.24) is 10.2 Å². The first-order chi connectivity index (χ1) is 17.9. The number of carbonyl (C=O) groups excluding carboxylic acids is 3. The van der Waals surface area contributed by atoms with Gasteiger partial charge in [0.25, 0.3) is 5.91 Å². The predicted octanol–water partition coefficient (Wildman–Crippen LogP) is 4.23. The quantitative estimate of drug-likeness (QED) is 0.438. The molecule has 1 aliphatic heterocycles. The van der Waals surface area contributed by atoms with Gasteiger partial charge in [0.15, 0.2) is 5.67 Å². The van der Waals surface area contributed by atoms with Gasteiger partial charge in [-0.25, -0.2) is 13.6 Å². The maximum atomic E-state index is 14.8. The molecule has 0 aromatic heterocycles. The van der Waals surface area contributed by atoms with Gasteiger partial charge in [-0.15, -0.1) is 0 Å². The molecule has 0 unspecified atom stereocenters. The summed E-state index contributed by atoms with van der Waals surface area (Å²) in [7, 11) is 0. The number of para-hydroxylation sites is 1. The van der Waals surface area contributed by atoms with Crippen molar-refractivity contribution < 1.29 is 32.6 Å². The van der Waals surface area contributed by atoms with Crippen LogP contribution in [0, 0.1) is 0 Å². The number of nitrogens with one attached hydrogen (secondary N) is 1.